The van der Waals surface area contributed by atoms with Gasteiger partial charge in [0.25, 0.3) is 0 Å². The van der Waals surface area contributed by atoms with E-state index in [1.54, 1.807) is 7.11 Å². The standard InChI is InChI=1S/C9H18O5/c1-3-12-8-14-7-9(10)6-13-5-4-11-2/h3,9-10H,1,4-8H2,2H3. The second kappa shape index (κ2) is 10.5. The van der Waals surface area contributed by atoms with Crippen LogP contribution in [-0.4, -0.2) is 51.5 Å². The number of ether oxygens (including phenoxy) is 4. The molecule has 0 bridgehead atoms. The molecule has 0 rings (SSSR count). The van der Waals surface area contributed by atoms with Gasteiger partial charge in [-0.2, -0.15) is 0 Å². The summed E-state index contributed by atoms with van der Waals surface area (Å²) in [7, 11) is 1.59. The Kier molecular flexibility index (Phi) is 10.00. The van der Waals surface area contributed by atoms with Crippen molar-refractivity contribution in [1.29, 1.82) is 0 Å². The topological polar surface area (TPSA) is 57.2 Å². The maximum absolute atomic E-state index is 9.28. The number of rotatable bonds is 10. The normalized spacial score (nSPS) is 12.4. The fourth-order valence-corrected chi connectivity index (χ4v) is 0.690. The third kappa shape index (κ3) is 9.47. The minimum atomic E-state index is -0.639. The Morgan fingerprint density at radius 1 is 1.29 bits per heavy atom. The van der Waals surface area contributed by atoms with Gasteiger partial charge in [-0.05, 0) is 0 Å². The summed E-state index contributed by atoms with van der Waals surface area (Å²) in [6.07, 6.45) is 0.641. The lowest BCUT2D eigenvalue weighted by Gasteiger charge is -2.11. The van der Waals surface area contributed by atoms with Gasteiger partial charge >= 0.3 is 0 Å². The molecule has 0 aromatic rings. The van der Waals surface area contributed by atoms with E-state index >= 15 is 0 Å². The van der Waals surface area contributed by atoms with Crippen molar-refractivity contribution >= 4 is 0 Å². The minimum absolute atomic E-state index is 0.0959. The lowest BCUT2D eigenvalue weighted by Crippen LogP contribution is -2.23. The van der Waals surface area contributed by atoms with Crippen LogP contribution in [-0.2, 0) is 18.9 Å². The molecule has 0 saturated heterocycles. The molecular formula is C9H18O5. The smallest absolute Gasteiger partial charge is 0.188 e. The zero-order valence-electron chi connectivity index (χ0n) is 8.48. The van der Waals surface area contributed by atoms with Gasteiger partial charge in [0.05, 0.1) is 32.7 Å². The fourth-order valence-electron chi connectivity index (χ4n) is 0.690. The Hall–Kier alpha value is -0.620. The second-order valence-corrected chi connectivity index (χ2v) is 2.54. The molecule has 0 radical (unpaired) electrons. The van der Waals surface area contributed by atoms with Crippen LogP contribution in [0.4, 0.5) is 0 Å². The zero-order valence-corrected chi connectivity index (χ0v) is 8.48. The van der Waals surface area contributed by atoms with E-state index in [9.17, 15) is 5.11 Å². The van der Waals surface area contributed by atoms with E-state index in [1.165, 1.54) is 6.26 Å². The van der Waals surface area contributed by atoms with Gasteiger partial charge in [0, 0.05) is 7.11 Å². The van der Waals surface area contributed by atoms with Crippen LogP contribution >= 0.6 is 0 Å². The molecule has 0 spiro atoms. The van der Waals surface area contributed by atoms with E-state index in [0.29, 0.717) is 13.2 Å². The molecule has 0 heterocycles. The molecule has 0 amide bonds. The summed E-state index contributed by atoms with van der Waals surface area (Å²) in [6, 6.07) is 0. The van der Waals surface area contributed by atoms with Crippen LogP contribution in [0.5, 0.6) is 0 Å². The first-order valence-corrected chi connectivity index (χ1v) is 4.36. The third-order valence-electron chi connectivity index (χ3n) is 1.32. The summed E-state index contributed by atoms with van der Waals surface area (Å²) in [6.45, 7) is 4.84. The van der Waals surface area contributed by atoms with E-state index in [1.807, 2.05) is 0 Å². The Labute approximate surface area is 84.2 Å². The highest BCUT2D eigenvalue weighted by atomic mass is 16.7. The van der Waals surface area contributed by atoms with Gasteiger partial charge in [-0.25, -0.2) is 0 Å². The van der Waals surface area contributed by atoms with Gasteiger partial charge in [0.15, 0.2) is 6.79 Å². The molecule has 0 fully saturated rings. The minimum Gasteiger partial charge on any atom is -0.476 e. The summed E-state index contributed by atoms with van der Waals surface area (Å²) in [5.74, 6) is 0. The Morgan fingerprint density at radius 2 is 2.00 bits per heavy atom. The Balaban J connectivity index is 3.10. The molecule has 1 unspecified atom stereocenters. The van der Waals surface area contributed by atoms with E-state index in [2.05, 4.69) is 6.58 Å². The predicted octanol–water partition coefficient (Wildman–Crippen LogP) is 0.144. The van der Waals surface area contributed by atoms with Gasteiger partial charge in [-0.15, -0.1) is 0 Å². The SMILES string of the molecule is C=COCOCC(O)COCCOC. The molecule has 84 valence electrons. The highest BCUT2D eigenvalue weighted by Crippen LogP contribution is 1.88. The van der Waals surface area contributed by atoms with E-state index in [0.717, 1.165) is 0 Å². The van der Waals surface area contributed by atoms with Crippen LogP contribution in [0.2, 0.25) is 0 Å². The third-order valence-corrected chi connectivity index (χ3v) is 1.32. The van der Waals surface area contributed by atoms with Crippen LogP contribution in [0.1, 0.15) is 0 Å². The quantitative estimate of drug-likeness (QED) is 0.313. The summed E-state index contributed by atoms with van der Waals surface area (Å²) in [5.41, 5.74) is 0. The number of methoxy groups -OCH3 is 1. The van der Waals surface area contributed by atoms with Crippen molar-refractivity contribution in [2.24, 2.45) is 0 Å². The molecule has 0 aromatic heterocycles. The first-order valence-electron chi connectivity index (χ1n) is 4.36. The van der Waals surface area contributed by atoms with E-state index < -0.39 is 6.10 Å². The summed E-state index contributed by atoms with van der Waals surface area (Å²) >= 11 is 0. The van der Waals surface area contributed by atoms with Crippen LogP contribution < -0.4 is 0 Å². The van der Waals surface area contributed by atoms with Gasteiger partial charge in [-0.1, -0.05) is 6.58 Å². The Bertz CT molecular complexity index is 128. The molecule has 5 heteroatoms. The first-order chi connectivity index (χ1) is 6.81. The largest absolute Gasteiger partial charge is 0.476 e. The van der Waals surface area contributed by atoms with Crippen molar-refractivity contribution < 1.29 is 24.1 Å². The monoisotopic (exact) mass is 206 g/mol. The molecule has 0 aliphatic carbocycles. The maximum atomic E-state index is 9.28. The maximum Gasteiger partial charge on any atom is 0.188 e. The molecular weight excluding hydrogens is 188 g/mol. The molecule has 0 aliphatic heterocycles. The van der Waals surface area contributed by atoms with Crippen molar-refractivity contribution in [2.45, 2.75) is 6.10 Å². The predicted molar refractivity (Wildman–Crippen MR) is 50.8 cm³/mol. The van der Waals surface area contributed by atoms with Crippen molar-refractivity contribution in [2.75, 3.05) is 40.3 Å². The average molecular weight is 206 g/mol. The van der Waals surface area contributed by atoms with Crippen LogP contribution in [0, 0.1) is 0 Å². The molecule has 0 aromatic carbocycles. The number of hydrogen-bond donors (Lipinski definition) is 1. The zero-order chi connectivity index (χ0) is 10.6. The van der Waals surface area contributed by atoms with E-state index in [-0.39, 0.29) is 20.0 Å². The first kappa shape index (κ1) is 13.4. The molecule has 1 atom stereocenters. The summed E-state index contributed by atoms with van der Waals surface area (Å²) in [4.78, 5) is 0. The molecule has 1 N–H and O–H groups in total. The summed E-state index contributed by atoms with van der Waals surface area (Å²) < 4.78 is 19.5. The van der Waals surface area contributed by atoms with Gasteiger partial charge < -0.3 is 24.1 Å². The number of aliphatic hydroxyl groups is 1. The number of aliphatic hydroxyl groups excluding tert-OH is 1. The average Bonchev–Trinajstić information content (AvgIpc) is 2.19. The van der Waals surface area contributed by atoms with Gasteiger partial charge in [0.1, 0.15) is 6.10 Å². The number of hydrogen-bond acceptors (Lipinski definition) is 5. The molecule has 14 heavy (non-hydrogen) atoms. The van der Waals surface area contributed by atoms with E-state index in [4.69, 9.17) is 18.9 Å². The highest BCUT2D eigenvalue weighted by Gasteiger charge is 2.03. The lowest BCUT2D eigenvalue weighted by atomic mass is 10.4. The van der Waals surface area contributed by atoms with Crippen LogP contribution in [0.15, 0.2) is 12.8 Å². The Morgan fingerprint density at radius 3 is 2.64 bits per heavy atom. The highest BCUT2D eigenvalue weighted by molar-refractivity contribution is 4.51. The van der Waals surface area contributed by atoms with Crippen LogP contribution in [0.3, 0.4) is 0 Å². The summed E-state index contributed by atoms with van der Waals surface area (Å²) in [5, 5.41) is 9.28. The second-order valence-electron chi connectivity index (χ2n) is 2.54. The lowest BCUT2D eigenvalue weighted by molar-refractivity contribution is -0.0708. The van der Waals surface area contributed by atoms with Crippen LogP contribution in [0.25, 0.3) is 0 Å². The van der Waals surface area contributed by atoms with Crippen molar-refractivity contribution in [3.05, 3.63) is 12.8 Å². The van der Waals surface area contributed by atoms with Gasteiger partial charge in [0.2, 0.25) is 0 Å². The van der Waals surface area contributed by atoms with Crippen molar-refractivity contribution in [3.63, 3.8) is 0 Å². The van der Waals surface area contributed by atoms with Crippen molar-refractivity contribution in [1.82, 2.24) is 0 Å². The van der Waals surface area contributed by atoms with Crippen molar-refractivity contribution in [3.8, 4) is 0 Å². The molecule has 5 nitrogen and oxygen atoms in total. The molecule has 0 aliphatic rings. The fraction of sp³-hybridized carbons (Fsp3) is 0.778. The molecule has 0 saturated carbocycles. The van der Waals surface area contributed by atoms with Gasteiger partial charge in [-0.3, -0.25) is 0 Å².